The maximum Gasteiger partial charge on any atom is 0.0955 e. The molecule has 0 spiro atoms. The van der Waals surface area contributed by atoms with E-state index in [1.165, 1.54) is 5.56 Å². The molecule has 0 aliphatic rings. The molecule has 102 valence electrons. The molecule has 0 unspecified atom stereocenters. The van der Waals surface area contributed by atoms with E-state index >= 15 is 0 Å². The van der Waals surface area contributed by atoms with Gasteiger partial charge in [0.2, 0.25) is 0 Å². The molecule has 0 atom stereocenters. The van der Waals surface area contributed by atoms with E-state index in [1.807, 2.05) is 13.0 Å². The maximum atomic E-state index is 6.26. The average molecular weight is 302 g/mol. The van der Waals surface area contributed by atoms with Crippen LogP contribution in [0.15, 0.2) is 41.4 Å². The molecule has 1 nitrogen and oxygen atoms in total. The first kappa shape index (κ1) is 14.9. The second kappa shape index (κ2) is 6.81. The Morgan fingerprint density at radius 2 is 1.85 bits per heavy atom. The second-order valence-corrected chi connectivity index (χ2v) is 5.36. The van der Waals surface area contributed by atoms with Gasteiger partial charge in [-0.05, 0) is 59.9 Å². The summed E-state index contributed by atoms with van der Waals surface area (Å²) in [5.41, 5.74) is 5.32. The first-order valence-electron chi connectivity index (χ1n) is 6.63. The summed E-state index contributed by atoms with van der Waals surface area (Å²) in [6.07, 6.45) is 2.27. The SMILES string of the molecule is CCCc1ccc(-c2cc(C)c(N=C=S)c(Cl)c2)cc1. The van der Waals surface area contributed by atoms with Crippen molar-refractivity contribution in [3.05, 3.63) is 52.5 Å². The van der Waals surface area contributed by atoms with Gasteiger partial charge in [0.05, 0.1) is 15.9 Å². The van der Waals surface area contributed by atoms with E-state index < -0.39 is 0 Å². The summed E-state index contributed by atoms with van der Waals surface area (Å²) >= 11 is 10.9. The summed E-state index contributed by atoms with van der Waals surface area (Å²) in [5.74, 6) is 0. The topological polar surface area (TPSA) is 12.4 Å². The number of thiocarbonyl (C=S) groups is 1. The van der Waals surface area contributed by atoms with Crippen LogP contribution in [0.3, 0.4) is 0 Å². The van der Waals surface area contributed by atoms with Crippen molar-refractivity contribution in [2.24, 2.45) is 4.99 Å². The van der Waals surface area contributed by atoms with Gasteiger partial charge in [0.1, 0.15) is 0 Å². The lowest BCUT2D eigenvalue weighted by Crippen LogP contribution is -1.85. The predicted molar refractivity (Wildman–Crippen MR) is 90.3 cm³/mol. The summed E-state index contributed by atoms with van der Waals surface area (Å²) in [7, 11) is 0. The molecular weight excluding hydrogens is 286 g/mol. The van der Waals surface area contributed by atoms with Crippen molar-refractivity contribution in [2.75, 3.05) is 0 Å². The van der Waals surface area contributed by atoms with Crippen LogP contribution in [0.25, 0.3) is 11.1 Å². The Kier molecular flexibility index (Phi) is 5.08. The highest BCUT2D eigenvalue weighted by molar-refractivity contribution is 7.78. The van der Waals surface area contributed by atoms with Crippen LogP contribution in [0.2, 0.25) is 5.02 Å². The summed E-state index contributed by atoms with van der Waals surface area (Å²) in [6.45, 7) is 4.17. The zero-order chi connectivity index (χ0) is 14.5. The summed E-state index contributed by atoms with van der Waals surface area (Å²) < 4.78 is 0. The fraction of sp³-hybridized carbons (Fsp3) is 0.235. The molecule has 0 aromatic heterocycles. The molecule has 0 radical (unpaired) electrons. The van der Waals surface area contributed by atoms with Gasteiger partial charge in [0.25, 0.3) is 0 Å². The van der Waals surface area contributed by atoms with E-state index in [9.17, 15) is 0 Å². The number of benzene rings is 2. The lowest BCUT2D eigenvalue weighted by atomic mass is 10.00. The Morgan fingerprint density at radius 1 is 1.15 bits per heavy atom. The van der Waals surface area contributed by atoms with Crippen LogP contribution in [0.1, 0.15) is 24.5 Å². The third kappa shape index (κ3) is 3.34. The van der Waals surface area contributed by atoms with Gasteiger partial charge in [0, 0.05) is 0 Å². The number of aliphatic imine (C=N–C) groups is 1. The van der Waals surface area contributed by atoms with Crippen LogP contribution in [-0.4, -0.2) is 5.16 Å². The number of hydrogen-bond donors (Lipinski definition) is 0. The van der Waals surface area contributed by atoms with Gasteiger partial charge in [-0.2, -0.15) is 4.99 Å². The van der Waals surface area contributed by atoms with E-state index in [-0.39, 0.29) is 0 Å². The molecule has 20 heavy (non-hydrogen) atoms. The Labute approximate surface area is 130 Å². The van der Waals surface area contributed by atoms with Crippen LogP contribution in [0, 0.1) is 6.92 Å². The van der Waals surface area contributed by atoms with E-state index in [4.69, 9.17) is 11.6 Å². The second-order valence-electron chi connectivity index (χ2n) is 4.77. The molecule has 0 fully saturated rings. The Morgan fingerprint density at radius 3 is 2.40 bits per heavy atom. The van der Waals surface area contributed by atoms with Gasteiger partial charge in [0.15, 0.2) is 0 Å². The average Bonchev–Trinajstić information content (AvgIpc) is 2.44. The molecule has 0 saturated heterocycles. The fourth-order valence-corrected chi connectivity index (χ4v) is 2.64. The minimum Gasteiger partial charge on any atom is -0.193 e. The first-order valence-corrected chi connectivity index (χ1v) is 7.41. The van der Waals surface area contributed by atoms with E-state index in [0.29, 0.717) is 10.7 Å². The number of hydrogen-bond acceptors (Lipinski definition) is 2. The zero-order valence-electron chi connectivity index (χ0n) is 11.6. The molecule has 0 N–H and O–H groups in total. The molecule has 0 aliphatic carbocycles. The molecule has 0 heterocycles. The number of rotatable bonds is 4. The monoisotopic (exact) mass is 301 g/mol. The Balaban J connectivity index is 2.40. The van der Waals surface area contributed by atoms with Gasteiger partial charge in [-0.15, -0.1) is 0 Å². The maximum absolute atomic E-state index is 6.26. The normalized spacial score (nSPS) is 10.2. The van der Waals surface area contributed by atoms with Gasteiger partial charge < -0.3 is 0 Å². The Hall–Kier alpha value is -1.47. The minimum absolute atomic E-state index is 0.606. The van der Waals surface area contributed by atoms with Crippen molar-refractivity contribution >= 4 is 34.7 Å². The van der Waals surface area contributed by atoms with Gasteiger partial charge in [-0.3, -0.25) is 0 Å². The van der Waals surface area contributed by atoms with Gasteiger partial charge in [-0.25, -0.2) is 0 Å². The molecule has 0 saturated carbocycles. The quantitative estimate of drug-likeness (QED) is 0.498. The first-order chi connectivity index (χ1) is 9.65. The van der Waals surface area contributed by atoms with Crippen molar-refractivity contribution in [1.82, 2.24) is 0 Å². The van der Waals surface area contributed by atoms with Crippen LogP contribution in [-0.2, 0) is 6.42 Å². The standard InChI is InChI=1S/C17H16ClNS/c1-3-4-13-5-7-14(8-6-13)15-9-12(2)17(19-11-20)16(18)10-15/h5-10H,3-4H2,1-2H3. The fourth-order valence-electron chi connectivity index (χ4n) is 2.24. The number of isothiocyanates is 1. The molecule has 2 aromatic rings. The van der Waals surface area contributed by atoms with E-state index in [0.717, 1.165) is 29.5 Å². The van der Waals surface area contributed by atoms with Crippen LogP contribution < -0.4 is 0 Å². The largest absolute Gasteiger partial charge is 0.193 e. The summed E-state index contributed by atoms with van der Waals surface area (Å²) in [5, 5.41) is 2.98. The number of halogens is 1. The van der Waals surface area contributed by atoms with Crippen molar-refractivity contribution in [3.63, 3.8) is 0 Å². The number of nitrogens with zero attached hydrogens (tertiary/aromatic N) is 1. The molecule has 2 aromatic carbocycles. The molecule has 0 aliphatic heterocycles. The minimum atomic E-state index is 0.606. The van der Waals surface area contributed by atoms with Crippen molar-refractivity contribution < 1.29 is 0 Å². The lowest BCUT2D eigenvalue weighted by Gasteiger charge is -2.08. The molecule has 2 rings (SSSR count). The highest BCUT2D eigenvalue weighted by Crippen LogP contribution is 2.34. The Bertz CT molecular complexity index is 632. The molecule has 3 heteroatoms. The van der Waals surface area contributed by atoms with E-state index in [1.54, 1.807) is 0 Å². The summed E-state index contributed by atoms with van der Waals surface area (Å²) in [6, 6.07) is 12.6. The zero-order valence-corrected chi connectivity index (χ0v) is 13.2. The van der Waals surface area contributed by atoms with Crippen LogP contribution in [0.4, 0.5) is 5.69 Å². The van der Waals surface area contributed by atoms with Crippen LogP contribution >= 0.6 is 23.8 Å². The van der Waals surface area contributed by atoms with Crippen molar-refractivity contribution in [2.45, 2.75) is 26.7 Å². The molecule has 0 bridgehead atoms. The van der Waals surface area contributed by atoms with Crippen LogP contribution in [0.5, 0.6) is 0 Å². The lowest BCUT2D eigenvalue weighted by molar-refractivity contribution is 0.922. The highest BCUT2D eigenvalue weighted by Gasteiger charge is 2.07. The molecule has 0 amide bonds. The van der Waals surface area contributed by atoms with Crippen molar-refractivity contribution in [3.8, 4) is 11.1 Å². The van der Waals surface area contributed by atoms with E-state index in [2.05, 4.69) is 59.6 Å². The third-order valence-corrected chi connectivity index (χ3v) is 3.62. The van der Waals surface area contributed by atoms with Crippen molar-refractivity contribution in [1.29, 1.82) is 0 Å². The van der Waals surface area contributed by atoms with Gasteiger partial charge in [-0.1, -0.05) is 49.2 Å². The highest BCUT2D eigenvalue weighted by atomic mass is 35.5. The predicted octanol–water partition coefficient (Wildman–Crippen LogP) is 6.00. The summed E-state index contributed by atoms with van der Waals surface area (Å²) in [4.78, 5) is 4.01. The number of aryl methyl sites for hydroxylation is 2. The molecular formula is C17H16ClNS. The van der Waals surface area contributed by atoms with Gasteiger partial charge >= 0.3 is 0 Å². The third-order valence-electron chi connectivity index (χ3n) is 3.24. The smallest absolute Gasteiger partial charge is 0.0955 e.